The van der Waals surface area contributed by atoms with Gasteiger partial charge in [0.05, 0.1) is 11.7 Å². The molecule has 0 heterocycles. The first-order valence-electron chi connectivity index (χ1n) is 7.22. The fraction of sp³-hybridized carbons (Fsp3) is 0.167. The zero-order valence-electron chi connectivity index (χ0n) is 12.6. The van der Waals surface area contributed by atoms with E-state index in [9.17, 15) is 23.1 Å². The molecule has 1 atom stereocenters. The molecule has 0 saturated carbocycles. The summed E-state index contributed by atoms with van der Waals surface area (Å²) >= 11 is 0. The van der Waals surface area contributed by atoms with Crippen molar-refractivity contribution >= 4 is 12.0 Å². The molecule has 1 amide bonds. The summed E-state index contributed by atoms with van der Waals surface area (Å²) in [6.45, 7) is -0.0939. The van der Waals surface area contributed by atoms with Gasteiger partial charge in [-0.15, -0.1) is 0 Å². The molecule has 126 valence electrons. The Balaban J connectivity index is 1.87. The number of carbonyl (C=O) groups excluding carboxylic acids is 1. The van der Waals surface area contributed by atoms with Crippen LogP contribution >= 0.6 is 0 Å². The number of hydrogen-bond donors (Lipinski definition) is 2. The van der Waals surface area contributed by atoms with Crippen LogP contribution in [0.4, 0.5) is 13.2 Å². The molecule has 24 heavy (non-hydrogen) atoms. The van der Waals surface area contributed by atoms with Gasteiger partial charge < -0.3 is 10.4 Å². The molecule has 0 radical (unpaired) electrons. The molecule has 1 unspecified atom stereocenters. The van der Waals surface area contributed by atoms with Crippen LogP contribution in [-0.4, -0.2) is 17.6 Å². The van der Waals surface area contributed by atoms with Crippen molar-refractivity contribution in [3.05, 3.63) is 77.4 Å². The second-order valence-electron chi connectivity index (χ2n) is 5.12. The van der Waals surface area contributed by atoms with Gasteiger partial charge in [0, 0.05) is 12.6 Å². The highest BCUT2D eigenvalue weighted by Crippen LogP contribution is 2.29. The largest absolute Gasteiger partial charge is 0.416 e. The average molecular weight is 335 g/mol. The van der Waals surface area contributed by atoms with Crippen LogP contribution in [0.15, 0.2) is 60.7 Å². The normalized spacial score (nSPS) is 13.0. The number of carbonyl (C=O) groups is 1. The molecular weight excluding hydrogens is 319 g/mol. The van der Waals surface area contributed by atoms with Crippen molar-refractivity contribution in [3.63, 3.8) is 0 Å². The number of benzene rings is 2. The highest BCUT2D eigenvalue weighted by molar-refractivity contribution is 5.91. The van der Waals surface area contributed by atoms with Crippen LogP contribution in [0.25, 0.3) is 6.08 Å². The van der Waals surface area contributed by atoms with E-state index in [1.165, 1.54) is 18.2 Å². The van der Waals surface area contributed by atoms with E-state index in [2.05, 4.69) is 5.32 Å². The van der Waals surface area contributed by atoms with Crippen LogP contribution in [0.3, 0.4) is 0 Å². The Morgan fingerprint density at radius 2 is 1.71 bits per heavy atom. The molecule has 0 aliphatic rings. The van der Waals surface area contributed by atoms with Gasteiger partial charge in [-0.25, -0.2) is 0 Å². The van der Waals surface area contributed by atoms with Crippen molar-refractivity contribution < 1.29 is 23.1 Å². The summed E-state index contributed by atoms with van der Waals surface area (Å²) in [7, 11) is 0. The van der Waals surface area contributed by atoms with Gasteiger partial charge in [0.15, 0.2) is 0 Å². The smallest absolute Gasteiger partial charge is 0.387 e. The van der Waals surface area contributed by atoms with E-state index in [1.54, 1.807) is 6.08 Å². The number of hydrogen-bond acceptors (Lipinski definition) is 2. The van der Waals surface area contributed by atoms with Crippen molar-refractivity contribution in [2.45, 2.75) is 12.3 Å². The van der Waals surface area contributed by atoms with E-state index >= 15 is 0 Å². The first kappa shape index (κ1) is 17.7. The maximum atomic E-state index is 12.5. The number of aliphatic hydroxyl groups excluding tert-OH is 1. The van der Waals surface area contributed by atoms with Crippen LogP contribution in [-0.2, 0) is 11.0 Å². The van der Waals surface area contributed by atoms with E-state index in [0.717, 1.165) is 17.7 Å². The fourth-order valence-electron chi connectivity index (χ4n) is 2.00. The minimum absolute atomic E-state index is 0.0939. The number of aliphatic hydroxyl groups is 1. The van der Waals surface area contributed by atoms with E-state index in [-0.39, 0.29) is 6.54 Å². The lowest BCUT2D eigenvalue weighted by Gasteiger charge is -2.13. The topological polar surface area (TPSA) is 49.3 Å². The molecule has 2 aromatic rings. The lowest BCUT2D eigenvalue weighted by molar-refractivity contribution is -0.137. The first-order chi connectivity index (χ1) is 11.4. The van der Waals surface area contributed by atoms with E-state index < -0.39 is 23.8 Å². The molecule has 0 spiro atoms. The Labute approximate surface area is 137 Å². The third kappa shape index (κ3) is 5.24. The maximum absolute atomic E-state index is 12.5. The van der Waals surface area contributed by atoms with Crippen LogP contribution in [0.5, 0.6) is 0 Å². The van der Waals surface area contributed by atoms with Crippen molar-refractivity contribution in [2.75, 3.05) is 6.54 Å². The number of rotatable bonds is 5. The van der Waals surface area contributed by atoms with Gasteiger partial charge in [-0.1, -0.05) is 42.5 Å². The number of nitrogens with one attached hydrogen (secondary N) is 1. The molecule has 3 nitrogen and oxygen atoms in total. The van der Waals surface area contributed by atoms with Gasteiger partial charge in [-0.05, 0) is 29.3 Å². The molecule has 0 saturated heterocycles. The van der Waals surface area contributed by atoms with Crippen molar-refractivity contribution in [1.29, 1.82) is 0 Å². The molecule has 0 bridgehead atoms. The standard InChI is InChI=1S/C18H16F3NO2/c19-18(20,21)15-9-7-14(8-10-15)16(23)12-22-17(24)11-6-13-4-2-1-3-5-13/h1-11,16,23H,12H2,(H,22,24)/b11-6+. The van der Waals surface area contributed by atoms with E-state index in [1.807, 2.05) is 30.3 Å². The number of alkyl halides is 3. The van der Waals surface area contributed by atoms with E-state index in [0.29, 0.717) is 5.56 Å². The summed E-state index contributed by atoms with van der Waals surface area (Å²) in [6, 6.07) is 13.4. The van der Waals surface area contributed by atoms with Gasteiger partial charge in [-0.2, -0.15) is 13.2 Å². The SMILES string of the molecule is O=C(/C=C/c1ccccc1)NCC(O)c1ccc(C(F)(F)F)cc1. The zero-order chi connectivity index (χ0) is 17.6. The molecule has 0 aliphatic heterocycles. The van der Waals surface area contributed by atoms with Crippen molar-refractivity contribution in [1.82, 2.24) is 5.32 Å². The van der Waals surface area contributed by atoms with Crippen LogP contribution in [0.2, 0.25) is 0 Å². The summed E-state index contributed by atoms with van der Waals surface area (Å²) in [5.41, 5.74) is 0.375. The second kappa shape index (κ2) is 7.79. The molecule has 0 fully saturated rings. The van der Waals surface area contributed by atoms with E-state index in [4.69, 9.17) is 0 Å². The second-order valence-corrected chi connectivity index (χ2v) is 5.12. The molecule has 2 aromatic carbocycles. The first-order valence-corrected chi connectivity index (χ1v) is 7.22. The Bertz CT molecular complexity index is 694. The summed E-state index contributed by atoms with van der Waals surface area (Å²) in [5.74, 6) is -0.398. The highest BCUT2D eigenvalue weighted by atomic mass is 19.4. The molecule has 2 N–H and O–H groups in total. The van der Waals surface area contributed by atoms with Gasteiger partial charge in [0.25, 0.3) is 0 Å². The number of amides is 1. The van der Waals surface area contributed by atoms with Crippen LogP contribution < -0.4 is 5.32 Å². The summed E-state index contributed by atoms with van der Waals surface area (Å²) in [6.07, 6.45) is -2.55. The fourth-order valence-corrected chi connectivity index (χ4v) is 2.00. The Kier molecular flexibility index (Phi) is 5.76. The third-order valence-electron chi connectivity index (χ3n) is 3.32. The molecular formula is C18H16F3NO2. The average Bonchev–Trinajstić information content (AvgIpc) is 2.58. The molecule has 2 rings (SSSR count). The summed E-state index contributed by atoms with van der Waals surface area (Å²) in [5, 5.41) is 12.4. The highest BCUT2D eigenvalue weighted by Gasteiger charge is 2.30. The van der Waals surface area contributed by atoms with Gasteiger partial charge >= 0.3 is 6.18 Å². The molecule has 0 aliphatic carbocycles. The van der Waals surface area contributed by atoms with Crippen LogP contribution in [0.1, 0.15) is 22.8 Å². The summed E-state index contributed by atoms with van der Waals surface area (Å²) in [4.78, 5) is 11.7. The monoisotopic (exact) mass is 335 g/mol. The Hall–Kier alpha value is -2.60. The number of halogens is 3. The lowest BCUT2D eigenvalue weighted by Crippen LogP contribution is -2.26. The Morgan fingerprint density at radius 3 is 2.29 bits per heavy atom. The summed E-state index contributed by atoms with van der Waals surface area (Å²) < 4.78 is 37.4. The van der Waals surface area contributed by atoms with Gasteiger partial charge in [0.2, 0.25) is 5.91 Å². The van der Waals surface area contributed by atoms with Crippen LogP contribution in [0, 0.1) is 0 Å². The van der Waals surface area contributed by atoms with Gasteiger partial charge in [0.1, 0.15) is 0 Å². The van der Waals surface area contributed by atoms with Crippen molar-refractivity contribution in [2.24, 2.45) is 0 Å². The zero-order valence-corrected chi connectivity index (χ0v) is 12.6. The quantitative estimate of drug-likeness (QED) is 0.821. The van der Waals surface area contributed by atoms with Crippen molar-refractivity contribution in [3.8, 4) is 0 Å². The lowest BCUT2D eigenvalue weighted by atomic mass is 10.1. The minimum Gasteiger partial charge on any atom is -0.387 e. The molecule has 0 aromatic heterocycles. The Morgan fingerprint density at radius 1 is 1.08 bits per heavy atom. The van der Waals surface area contributed by atoms with Gasteiger partial charge in [-0.3, -0.25) is 4.79 Å². The maximum Gasteiger partial charge on any atom is 0.416 e. The molecule has 6 heteroatoms. The third-order valence-corrected chi connectivity index (χ3v) is 3.32. The predicted octanol–water partition coefficient (Wildman–Crippen LogP) is 3.57. The predicted molar refractivity (Wildman–Crippen MR) is 84.9 cm³/mol. The minimum atomic E-state index is -4.42.